The summed E-state index contributed by atoms with van der Waals surface area (Å²) >= 11 is 7.64. The normalized spacial score (nSPS) is 11.5. The highest BCUT2D eigenvalue weighted by Crippen LogP contribution is 2.25. The maximum Gasteiger partial charge on any atom is 0.243 e. The van der Waals surface area contributed by atoms with Crippen LogP contribution in [0.25, 0.3) is 0 Å². The van der Waals surface area contributed by atoms with Gasteiger partial charge in [-0.3, -0.25) is 4.79 Å². The molecule has 3 aromatic carbocycles. The number of carbonyl (C=O) groups is 1. The molecule has 0 saturated heterocycles. The van der Waals surface area contributed by atoms with E-state index in [1.807, 2.05) is 19.2 Å². The van der Waals surface area contributed by atoms with Crippen molar-refractivity contribution in [1.82, 2.24) is 4.31 Å². The number of hydrogen-bond donors (Lipinski definition) is 1. The van der Waals surface area contributed by atoms with Gasteiger partial charge < -0.3 is 5.32 Å². The molecule has 32 heavy (non-hydrogen) atoms. The molecule has 0 saturated carbocycles. The van der Waals surface area contributed by atoms with Gasteiger partial charge in [-0.2, -0.15) is 4.31 Å². The number of aryl methyl sites for hydroxylation is 1. The summed E-state index contributed by atoms with van der Waals surface area (Å²) in [5, 5.41) is 2.80. The van der Waals surface area contributed by atoms with Crippen molar-refractivity contribution in [2.75, 3.05) is 18.1 Å². The molecule has 0 spiro atoms. The number of benzene rings is 3. The molecule has 0 aromatic heterocycles. The molecule has 0 aliphatic heterocycles. The Morgan fingerprint density at radius 2 is 1.78 bits per heavy atom. The van der Waals surface area contributed by atoms with Crippen molar-refractivity contribution in [3.63, 3.8) is 0 Å². The number of nitrogens with zero attached hydrogens (tertiary/aromatic N) is 1. The Kier molecular flexibility index (Phi) is 7.95. The number of sulfonamides is 1. The average Bonchev–Trinajstić information content (AvgIpc) is 2.76. The molecule has 9 heteroatoms. The lowest BCUT2D eigenvalue weighted by molar-refractivity contribution is -0.116. The summed E-state index contributed by atoms with van der Waals surface area (Å²) in [7, 11) is -4.11. The van der Waals surface area contributed by atoms with Crippen molar-refractivity contribution in [2.45, 2.75) is 23.3 Å². The first-order valence-corrected chi connectivity index (χ1v) is 12.7. The minimum Gasteiger partial charge on any atom is -0.325 e. The summed E-state index contributed by atoms with van der Waals surface area (Å²) in [6, 6.07) is 17.5. The van der Waals surface area contributed by atoms with E-state index in [1.165, 1.54) is 42.1 Å². The molecule has 3 aromatic rings. The van der Waals surface area contributed by atoms with Crippen LogP contribution in [0.5, 0.6) is 0 Å². The zero-order valence-electron chi connectivity index (χ0n) is 17.5. The van der Waals surface area contributed by atoms with Gasteiger partial charge in [0, 0.05) is 27.7 Å². The zero-order valence-corrected chi connectivity index (χ0v) is 19.9. The summed E-state index contributed by atoms with van der Waals surface area (Å²) in [5.41, 5.74) is 1.43. The molecular formula is C23H22ClFN2O3S2. The Balaban J connectivity index is 1.92. The number of hydrogen-bond acceptors (Lipinski definition) is 4. The molecule has 5 nitrogen and oxygen atoms in total. The summed E-state index contributed by atoms with van der Waals surface area (Å²) in [5.74, 6) is -1.19. The van der Waals surface area contributed by atoms with Crippen LogP contribution in [0.3, 0.4) is 0 Å². The van der Waals surface area contributed by atoms with E-state index in [2.05, 4.69) is 5.32 Å². The Bertz CT molecular complexity index is 1200. The zero-order chi connectivity index (χ0) is 23.3. The van der Waals surface area contributed by atoms with E-state index < -0.39 is 28.3 Å². The molecule has 1 amide bonds. The van der Waals surface area contributed by atoms with Crippen LogP contribution in [0.15, 0.2) is 76.5 Å². The van der Waals surface area contributed by atoms with Gasteiger partial charge in [0.15, 0.2) is 0 Å². The molecule has 0 aliphatic rings. The lowest BCUT2D eigenvalue weighted by atomic mass is 10.2. The molecule has 3 rings (SSSR count). The third-order valence-electron chi connectivity index (χ3n) is 4.73. The highest BCUT2D eigenvalue weighted by atomic mass is 35.5. The molecule has 0 bridgehead atoms. The molecule has 0 radical (unpaired) electrons. The lowest BCUT2D eigenvalue weighted by Crippen LogP contribution is -2.38. The Morgan fingerprint density at radius 1 is 1.09 bits per heavy atom. The monoisotopic (exact) mass is 492 g/mol. The second-order valence-corrected chi connectivity index (χ2v) is 10.3. The maximum absolute atomic E-state index is 14.4. The van der Waals surface area contributed by atoms with E-state index in [0.717, 1.165) is 14.8 Å². The van der Waals surface area contributed by atoms with E-state index in [1.54, 1.807) is 30.3 Å². The van der Waals surface area contributed by atoms with E-state index in [9.17, 15) is 17.6 Å². The number of amides is 1. The fraction of sp³-hybridized carbons (Fsp3) is 0.174. The fourth-order valence-electron chi connectivity index (χ4n) is 3.01. The molecular weight excluding hydrogens is 471 g/mol. The number of anilines is 1. The van der Waals surface area contributed by atoms with Crippen molar-refractivity contribution in [2.24, 2.45) is 0 Å². The van der Waals surface area contributed by atoms with Gasteiger partial charge in [0.25, 0.3) is 0 Å². The van der Waals surface area contributed by atoms with E-state index >= 15 is 0 Å². The minimum atomic E-state index is -4.11. The smallest absolute Gasteiger partial charge is 0.243 e. The summed E-state index contributed by atoms with van der Waals surface area (Å²) < 4.78 is 42.0. The summed E-state index contributed by atoms with van der Waals surface area (Å²) in [4.78, 5) is 13.7. The maximum atomic E-state index is 14.4. The minimum absolute atomic E-state index is 0.00188. The first-order chi connectivity index (χ1) is 15.2. The Labute approximate surface area is 196 Å². The third-order valence-corrected chi connectivity index (χ3v) is 7.61. The van der Waals surface area contributed by atoms with Crippen LogP contribution in [0, 0.1) is 12.7 Å². The Hall–Kier alpha value is -2.39. The molecule has 0 aliphatic carbocycles. The standard InChI is InChI=1S/C23H22ClFN2O3S2/c1-16-9-11-19(12-10-16)32(29,30)27(14-20-21(24)7-4-8-22(20)25)15-23(28)26-17-5-3-6-18(13-17)31-2/h3-13H,14-15H2,1-2H3,(H,26,28). The quantitative estimate of drug-likeness (QED) is 0.431. The molecule has 168 valence electrons. The number of rotatable bonds is 8. The SMILES string of the molecule is CSc1cccc(NC(=O)CN(Cc2c(F)cccc2Cl)S(=O)(=O)c2ccc(C)cc2)c1. The molecule has 0 atom stereocenters. The molecule has 1 N–H and O–H groups in total. The predicted octanol–water partition coefficient (Wildman–Crippen LogP) is 5.34. The fourth-order valence-corrected chi connectivity index (χ4v) is 5.05. The van der Waals surface area contributed by atoms with Crippen molar-refractivity contribution < 1.29 is 17.6 Å². The van der Waals surface area contributed by atoms with Gasteiger partial charge in [-0.1, -0.05) is 41.4 Å². The van der Waals surface area contributed by atoms with Crippen LogP contribution in [-0.2, 0) is 21.4 Å². The second kappa shape index (κ2) is 10.5. The summed E-state index contributed by atoms with van der Waals surface area (Å²) in [6.07, 6.45) is 1.91. The number of carbonyl (C=O) groups excluding carboxylic acids is 1. The van der Waals surface area contributed by atoms with E-state index in [-0.39, 0.29) is 22.0 Å². The van der Waals surface area contributed by atoms with Gasteiger partial charge in [-0.25, -0.2) is 12.8 Å². The summed E-state index contributed by atoms with van der Waals surface area (Å²) in [6.45, 7) is 0.938. The van der Waals surface area contributed by atoms with Crippen LogP contribution < -0.4 is 5.32 Å². The Morgan fingerprint density at radius 3 is 2.44 bits per heavy atom. The predicted molar refractivity (Wildman–Crippen MR) is 127 cm³/mol. The first-order valence-electron chi connectivity index (χ1n) is 9.64. The molecule has 0 heterocycles. The van der Waals surface area contributed by atoms with Gasteiger partial charge in [0.05, 0.1) is 11.4 Å². The second-order valence-electron chi connectivity index (χ2n) is 7.07. The van der Waals surface area contributed by atoms with Gasteiger partial charge in [-0.05, 0) is 55.6 Å². The number of thioether (sulfide) groups is 1. The van der Waals surface area contributed by atoms with Crippen LogP contribution in [0.4, 0.5) is 10.1 Å². The number of nitrogens with one attached hydrogen (secondary N) is 1. The van der Waals surface area contributed by atoms with E-state index in [0.29, 0.717) is 5.69 Å². The topological polar surface area (TPSA) is 66.5 Å². The highest BCUT2D eigenvalue weighted by Gasteiger charge is 2.28. The van der Waals surface area contributed by atoms with Crippen LogP contribution in [0.1, 0.15) is 11.1 Å². The van der Waals surface area contributed by atoms with Crippen LogP contribution >= 0.6 is 23.4 Å². The number of halogens is 2. The van der Waals surface area contributed by atoms with Crippen molar-refractivity contribution in [3.05, 3.63) is 88.7 Å². The molecule has 0 fully saturated rings. The largest absolute Gasteiger partial charge is 0.325 e. The van der Waals surface area contributed by atoms with E-state index in [4.69, 9.17) is 11.6 Å². The van der Waals surface area contributed by atoms with Crippen molar-refractivity contribution in [3.8, 4) is 0 Å². The van der Waals surface area contributed by atoms with Crippen molar-refractivity contribution in [1.29, 1.82) is 0 Å². The highest BCUT2D eigenvalue weighted by molar-refractivity contribution is 7.98. The van der Waals surface area contributed by atoms with Gasteiger partial charge in [-0.15, -0.1) is 11.8 Å². The van der Waals surface area contributed by atoms with Crippen LogP contribution in [-0.4, -0.2) is 31.4 Å². The average molecular weight is 493 g/mol. The third kappa shape index (κ3) is 5.89. The van der Waals surface area contributed by atoms with Gasteiger partial charge in [0.1, 0.15) is 5.82 Å². The van der Waals surface area contributed by atoms with Gasteiger partial charge in [0.2, 0.25) is 15.9 Å². The van der Waals surface area contributed by atoms with Crippen LogP contribution in [0.2, 0.25) is 5.02 Å². The molecule has 0 unspecified atom stereocenters. The van der Waals surface area contributed by atoms with Gasteiger partial charge >= 0.3 is 0 Å². The van der Waals surface area contributed by atoms with Crippen molar-refractivity contribution >= 4 is 45.0 Å². The lowest BCUT2D eigenvalue weighted by Gasteiger charge is -2.23. The first kappa shape index (κ1) is 24.3.